The summed E-state index contributed by atoms with van der Waals surface area (Å²) >= 11 is 6.79. The van der Waals surface area contributed by atoms with Gasteiger partial charge in [-0.25, -0.2) is 9.97 Å². The van der Waals surface area contributed by atoms with Gasteiger partial charge in [-0.3, -0.25) is 9.59 Å². The van der Waals surface area contributed by atoms with Crippen LogP contribution in [-0.4, -0.2) is 44.5 Å². The predicted molar refractivity (Wildman–Crippen MR) is 163 cm³/mol. The molecule has 0 aliphatic rings. The van der Waals surface area contributed by atoms with Gasteiger partial charge >= 0.3 is 0 Å². The number of allylic oxidation sites excluding steroid dienone is 2. The molecule has 2 aromatic rings. The van der Waals surface area contributed by atoms with E-state index in [2.05, 4.69) is 37.7 Å². The minimum Gasteiger partial charge on any atom is -0.287 e. The molecule has 0 radical (unpaired) electrons. The molecule has 0 aliphatic heterocycles. The highest BCUT2D eigenvalue weighted by Gasteiger charge is 2.17. The van der Waals surface area contributed by atoms with E-state index in [0.29, 0.717) is 5.82 Å². The first kappa shape index (κ1) is 30.7. The van der Waals surface area contributed by atoms with Crippen LogP contribution in [-0.2, 0) is 0 Å². The van der Waals surface area contributed by atoms with Crippen LogP contribution in [0.5, 0.6) is 0 Å². The average molecular weight is 561 g/mol. The van der Waals surface area contributed by atoms with Crippen molar-refractivity contribution in [3.05, 3.63) is 68.4 Å². The molecule has 1 aromatic carbocycles. The molecule has 0 spiro atoms. The van der Waals surface area contributed by atoms with Crippen LogP contribution < -0.4 is 0 Å². The van der Waals surface area contributed by atoms with Crippen LogP contribution in [0.15, 0.2) is 57.0 Å². The monoisotopic (exact) mass is 560 g/mol. The summed E-state index contributed by atoms with van der Waals surface area (Å²) in [6.07, 6.45) is 7.48. The Morgan fingerprint density at radius 2 is 1.06 bits per heavy atom. The molecule has 8 heteroatoms. The van der Waals surface area contributed by atoms with Gasteiger partial charge < -0.3 is 0 Å². The van der Waals surface area contributed by atoms with Gasteiger partial charge in [0, 0.05) is 26.2 Å². The minimum absolute atomic E-state index is 0.198. The van der Waals surface area contributed by atoms with Crippen LogP contribution in [0.3, 0.4) is 0 Å². The van der Waals surface area contributed by atoms with Crippen LogP contribution in [0.2, 0.25) is 0 Å². The molecule has 0 unspecified atom stereocenters. The third-order valence-corrected chi connectivity index (χ3v) is 10.0. The Labute approximate surface area is 233 Å². The van der Waals surface area contributed by atoms with E-state index in [0.717, 1.165) is 62.7 Å². The van der Waals surface area contributed by atoms with Crippen molar-refractivity contribution in [3.8, 4) is 11.4 Å². The molecular formula is C28H36N2O2S4. The molecule has 0 aliphatic carbocycles. The normalized spacial score (nSPS) is 10.7. The standard InChI is InChI=1S/C28H36N2O2S4/c1-5-14-33-26(34-15-6-2)19-24(31)22-18-23(30-28(29-22)21-12-10-9-11-13-21)25(32)20-27(35-16-7-3)36-17-8-4/h9-13,18-20H,5-8,14-17H2,1-4H3. The minimum atomic E-state index is -0.198. The van der Waals surface area contributed by atoms with Crippen molar-refractivity contribution in [2.75, 3.05) is 23.0 Å². The van der Waals surface area contributed by atoms with E-state index >= 15 is 0 Å². The molecule has 0 N–H and O–H groups in total. The molecule has 1 heterocycles. The molecule has 0 fully saturated rings. The molecule has 0 bridgehead atoms. The lowest BCUT2D eigenvalue weighted by atomic mass is 10.1. The van der Waals surface area contributed by atoms with Gasteiger partial charge in [0.2, 0.25) is 11.6 Å². The Morgan fingerprint density at radius 3 is 1.42 bits per heavy atom. The summed E-state index contributed by atoms with van der Waals surface area (Å²) in [7, 11) is 0. The smallest absolute Gasteiger partial charge is 0.205 e. The first-order chi connectivity index (χ1) is 17.5. The maximum absolute atomic E-state index is 13.3. The van der Waals surface area contributed by atoms with Crippen molar-refractivity contribution in [3.63, 3.8) is 0 Å². The van der Waals surface area contributed by atoms with Gasteiger partial charge in [0.05, 0.1) is 0 Å². The fraction of sp³-hybridized carbons (Fsp3) is 0.429. The topological polar surface area (TPSA) is 59.9 Å². The molecule has 0 amide bonds. The van der Waals surface area contributed by atoms with Crippen molar-refractivity contribution < 1.29 is 9.59 Å². The Kier molecular flexibility index (Phi) is 15.3. The molecule has 0 atom stereocenters. The van der Waals surface area contributed by atoms with Crippen LogP contribution >= 0.6 is 47.0 Å². The molecule has 1 aromatic heterocycles. The van der Waals surface area contributed by atoms with Gasteiger partial charge in [0.1, 0.15) is 11.4 Å². The number of hydrogen-bond acceptors (Lipinski definition) is 8. The first-order valence-corrected chi connectivity index (χ1v) is 16.4. The highest BCUT2D eigenvalue weighted by atomic mass is 32.2. The maximum atomic E-state index is 13.3. The van der Waals surface area contributed by atoms with E-state index in [1.165, 1.54) is 0 Å². The third kappa shape index (κ3) is 10.9. The van der Waals surface area contributed by atoms with Gasteiger partial charge in [-0.2, -0.15) is 0 Å². The quantitative estimate of drug-likeness (QED) is 0.141. The summed E-state index contributed by atoms with van der Waals surface area (Å²) in [4.78, 5) is 35.8. The largest absolute Gasteiger partial charge is 0.287 e. The number of ketones is 2. The summed E-state index contributed by atoms with van der Waals surface area (Å²) in [5, 5.41) is 0. The third-order valence-electron chi connectivity index (χ3n) is 4.55. The second-order valence-electron chi connectivity index (χ2n) is 7.88. The van der Waals surface area contributed by atoms with Crippen molar-refractivity contribution in [1.29, 1.82) is 0 Å². The summed E-state index contributed by atoms with van der Waals surface area (Å²) in [6, 6.07) is 11.0. The van der Waals surface area contributed by atoms with E-state index in [9.17, 15) is 9.59 Å². The van der Waals surface area contributed by atoms with E-state index in [1.807, 2.05) is 30.3 Å². The second-order valence-corrected chi connectivity index (χ2v) is 12.9. The number of rotatable bonds is 17. The van der Waals surface area contributed by atoms with Crippen LogP contribution in [0, 0.1) is 0 Å². The number of carbonyl (C=O) groups is 2. The summed E-state index contributed by atoms with van der Waals surface area (Å²) in [6.45, 7) is 8.52. The first-order valence-electron chi connectivity index (χ1n) is 12.5. The van der Waals surface area contributed by atoms with Crippen LogP contribution in [0.1, 0.15) is 74.4 Å². The molecule has 0 saturated heterocycles. The molecular weight excluding hydrogens is 525 g/mol. The Hall–Kier alpha value is -1.48. The van der Waals surface area contributed by atoms with Crippen molar-refractivity contribution in [2.24, 2.45) is 0 Å². The van der Waals surface area contributed by atoms with Crippen molar-refractivity contribution in [2.45, 2.75) is 53.4 Å². The fourth-order valence-corrected chi connectivity index (χ4v) is 6.89. The lowest BCUT2D eigenvalue weighted by molar-refractivity contribution is 0.104. The molecule has 4 nitrogen and oxygen atoms in total. The molecule has 36 heavy (non-hydrogen) atoms. The zero-order chi connectivity index (χ0) is 26.2. The lowest BCUT2D eigenvalue weighted by Gasteiger charge is -2.08. The molecule has 0 saturated carbocycles. The highest BCUT2D eigenvalue weighted by Crippen LogP contribution is 2.31. The maximum Gasteiger partial charge on any atom is 0.205 e. The van der Waals surface area contributed by atoms with Crippen molar-refractivity contribution >= 4 is 58.6 Å². The number of benzene rings is 1. The zero-order valence-electron chi connectivity index (χ0n) is 21.6. The van der Waals surface area contributed by atoms with Crippen molar-refractivity contribution in [1.82, 2.24) is 9.97 Å². The van der Waals surface area contributed by atoms with Gasteiger partial charge in [-0.15, -0.1) is 47.0 Å². The number of carbonyl (C=O) groups excluding carboxylic acids is 2. The number of aromatic nitrogens is 2. The second kappa shape index (κ2) is 17.9. The van der Waals surface area contributed by atoms with Crippen LogP contribution in [0.4, 0.5) is 0 Å². The van der Waals surface area contributed by atoms with E-state index in [4.69, 9.17) is 0 Å². The Morgan fingerprint density at radius 1 is 0.667 bits per heavy atom. The highest BCUT2D eigenvalue weighted by molar-refractivity contribution is 8.22. The zero-order valence-corrected chi connectivity index (χ0v) is 24.9. The Bertz CT molecular complexity index is 959. The fourth-order valence-electron chi connectivity index (χ4n) is 2.84. The number of thioether (sulfide) groups is 4. The van der Waals surface area contributed by atoms with Gasteiger partial charge in [-0.1, -0.05) is 58.0 Å². The van der Waals surface area contributed by atoms with Crippen LogP contribution in [0.25, 0.3) is 11.4 Å². The summed E-state index contributed by atoms with van der Waals surface area (Å²) in [5.41, 5.74) is 1.27. The van der Waals surface area contributed by atoms with E-state index in [1.54, 1.807) is 65.3 Å². The molecule has 2 rings (SSSR count). The predicted octanol–water partition coefficient (Wildman–Crippen LogP) is 8.76. The summed E-state index contributed by atoms with van der Waals surface area (Å²) in [5.74, 6) is 3.81. The van der Waals surface area contributed by atoms with Gasteiger partial charge in [0.15, 0.2) is 5.82 Å². The number of hydrogen-bond donors (Lipinski definition) is 0. The van der Waals surface area contributed by atoms with Gasteiger partial charge in [-0.05, 0) is 54.8 Å². The lowest BCUT2D eigenvalue weighted by Crippen LogP contribution is -2.09. The Balaban J connectivity index is 2.48. The van der Waals surface area contributed by atoms with E-state index < -0.39 is 0 Å². The average Bonchev–Trinajstić information content (AvgIpc) is 2.91. The van der Waals surface area contributed by atoms with E-state index in [-0.39, 0.29) is 23.0 Å². The summed E-state index contributed by atoms with van der Waals surface area (Å²) < 4.78 is 1.98. The number of nitrogens with zero attached hydrogens (tertiary/aromatic N) is 2. The van der Waals surface area contributed by atoms with Gasteiger partial charge in [0.25, 0.3) is 0 Å². The molecule has 194 valence electrons. The SMILES string of the molecule is CCCSC(=CC(=O)c1cc(C(=O)C=C(SCCC)SCCC)nc(-c2ccccc2)n1)SCCC.